The molecule has 0 bridgehead atoms. The maximum atomic E-state index is 10.3. The Morgan fingerprint density at radius 3 is 2.10 bits per heavy atom. The molecule has 0 aromatic rings. The molecule has 0 heterocycles. The molecule has 0 aliphatic heterocycles. The van der Waals surface area contributed by atoms with Crippen LogP contribution in [-0.4, -0.2) is 35.5 Å². The van der Waals surface area contributed by atoms with E-state index in [1.807, 2.05) is 13.8 Å². The number of carbonyl (C=O) groups is 1. The summed E-state index contributed by atoms with van der Waals surface area (Å²) in [6.45, 7) is 3.86. The van der Waals surface area contributed by atoms with E-state index in [4.69, 9.17) is 0 Å². The Bertz CT molecular complexity index is 89.7. The van der Waals surface area contributed by atoms with Crippen molar-refractivity contribution in [3.8, 4) is 0 Å². The summed E-state index contributed by atoms with van der Waals surface area (Å²) >= 11 is 0. The molecule has 0 saturated heterocycles. The van der Waals surface area contributed by atoms with Crippen LogP contribution in [0.3, 0.4) is 0 Å². The molecule has 0 saturated carbocycles. The van der Waals surface area contributed by atoms with Crippen molar-refractivity contribution in [3.05, 3.63) is 0 Å². The minimum absolute atomic E-state index is 0. The van der Waals surface area contributed by atoms with Crippen LogP contribution in [-0.2, 0) is 9.63 Å². The van der Waals surface area contributed by atoms with Gasteiger partial charge in [-0.3, -0.25) is 4.79 Å². The summed E-state index contributed by atoms with van der Waals surface area (Å²) in [7, 11) is 0. The van der Waals surface area contributed by atoms with Gasteiger partial charge in [0, 0.05) is 6.42 Å². The monoisotopic (exact) mass is 177 g/mol. The number of rotatable bonds is 2. The number of nitrogens with two attached hydrogens (primary N) is 1. The van der Waals surface area contributed by atoms with Crippen LogP contribution in [0.5, 0.6) is 0 Å². The quantitative estimate of drug-likeness (QED) is 0.485. The van der Waals surface area contributed by atoms with Gasteiger partial charge in [-0.05, 0) is 5.92 Å². The summed E-state index contributed by atoms with van der Waals surface area (Å²) in [4.78, 5) is 14.2. The first-order valence-electron chi connectivity index (χ1n) is 2.56. The second-order valence-electron chi connectivity index (χ2n) is 2.09. The summed E-state index contributed by atoms with van der Waals surface area (Å²) < 4.78 is 0. The van der Waals surface area contributed by atoms with E-state index in [-0.39, 0.29) is 47.9 Å². The molecular formula is C5H13ClNNaO2. The van der Waals surface area contributed by atoms with Crippen molar-refractivity contribution < 1.29 is 9.63 Å². The van der Waals surface area contributed by atoms with E-state index < -0.39 is 0 Å². The first-order chi connectivity index (χ1) is 3.66. The van der Waals surface area contributed by atoms with Crippen LogP contribution >= 0.6 is 12.4 Å². The molecule has 0 aliphatic rings. The van der Waals surface area contributed by atoms with Crippen molar-refractivity contribution in [1.29, 1.82) is 0 Å². The molecule has 58 valence electrons. The van der Waals surface area contributed by atoms with Crippen LogP contribution in [0.4, 0.5) is 0 Å². The molecule has 0 aromatic heterocycles. The average molecular weight is 178 g/mol. The van der Waals surface area contributed by atoms with E-state index in [1.165, 1.54) is 0 Å². The molecule has 0 atom stereocenters. The second-order valence-corrected chi connectivity index (χ2v) is 2.09. The summed E-state index contributed by atoms with van der Waals surface area (Å²) in [6, 6.07) is 0. The summed E-state index contributed by atoms with van der Waals surface area (Å²) in [5.41, 5.74) is 0. The fourth-order valence-electron chi connectivity index (χ4n) is 0.381. The fourth-order valence-corrected chi connectivity index (χ4v) is 0.381. The summed E-state index contributed by atoms with van der Waals surface area (Å²) in [5.74, 6) is 4.55. The zero-order valence-electron chi connectivity index (χ0n) is 5.59. The van der Waals surface area contributed by atoms with Crippen LogP contribution in [0.15, 0.2) is 0 Å². The minimum atomic E-state index is -0.347. The van der Waals surface area contributed by atoms with E-state index in [1.54, 1.807) is 0 Å². The van der Waals surface area contributed by atoms with E-state index in [0.717, 1.165) is 0 Å². The third kappa shape index (κ3) is 11.5. The summed E-state index contributed by atoms with van der Waals surface area (Å²) in [5, 5.41) is 0. The number of carbonyl (C=O) groups excluding carboxylic acids is 1. The third-order valence-electron chi connectivity index (χ3n) is 0.706. The van der Waals surface area contributed by atoms with E-state index >= 15 is 0 Å². The van der Waals surface area contributed by atoms with Crippen molar-refractivity contribution in [2.75, 3.05) is 0 Å². The molecule has 3 nitrogen and oxygen atoms in total. The zero-order valence-corrected chi connectivity index (χ0v) is 6.40. The Morgan fingerprint density at radius 1 is 1.60 bits per heavy atom. The van der Waals surface area contributed by atoms with Gasteiger partial charge >= 0.3 is 35.5 Å². The first-order valence-corrected chi connectivity index (χ1v) is 2.56. The van der Waals surface area contributed by atoms with Gasteiger partial charge in [0.1, 0.15) is 0 Å². The van der Waals surface area contributed by atoms with Crippen LogP contribution in [0.2, 0.25) is 0 Å². The Hall–Kier alpha value is 0.720. The molecule has 0 amide bonds. The van der Waals surface area contributed by atoms with Gasteiger partial charge in [-0.2, -0.15) is 5.90 Å². The third-order valence-corrected chi connectivity index (χ3v) is 0.706. The number of halogens is 1. The van der Waals surface area contributed by atoms with Crippen molar-refractivity contribution >= 4 is 47.9 Å². The normalized spacial score (nSPS) is 7.60. The van der Waals surface area contributed by atoms with Crippen molar-refractivity contribution in [1.82, 2.24) is 0 Å². The molecule has 0 aliphatic carbocycles. The summed E-state index contributed by atoms with van der Waals surface area (Å²) in [6.07, 6.45) is 0.399. The first kappa shape index (κ1) is 17.0. The zero-order chi connectivity index (χ0) is 6.57. The average Bonchev–Trinajstić information content (AvgIpc) is 1.65. The van der Waals surface area contributed by atoms with Gasteiger partial charge in [0.2, 0.25) is 0 Å². The second kappa shape index (κ2) is 9.72. The van der Waals surface area contributed by atoms with Gasteiger partial charge in [-0.1, -0.05) is 13.8 Å². The van der Waals surface area contributed by atoms with Gasteiger partial charge < -0.3 is 4.84 Å². The van der Waals surface area contributed by atoms with E-state index in [2.05, 4.69) is 10.7 Å². The molecule has 0 unspecified atom stereocenters. The Balaban J connectivity index is -0.000000245. The molecular weight excluding hydrogens is 165 g/mol. The van der Waals surface area contributed by atoms with Gasteiger partial charge in [0.05, 0.1) is 0 Å². The van der Waals surface area contributed by atoms with Crippen LogP contribution in [0.25, 0.3) is 0 Å². The fraction of sp³-hybridized carbons (Fsp3) is 0.800. The molecule has 0 spiro atoms. The van der Waals surface area contributed by atoms with E-state index in [0.29, 0.717) is 12.3 Å². The van der Waals surface area contributed by atoms with E-state index in [9.17, 15) is 4.79 Å². The Labute approximate surface area is 89.3 Å². The molecule has 10 heavy (non-hydrogen) atoms. The standard InChI is InChI=1S/C5H11NO2.ClH.Na.H/c1-4(2)3-5(7)8-6;;;/h4H,3,6H2,1-2H3;1H;;. The maximum absolute atomic E-state index is 10.3. The molecule has 2 N–H and O–H groups in total. The predicted molar refractivity (Wildman–Crippen MR) is 44.1 cm³/mol. The Morgan fingerprint density at radius 2 is 2.00 bits per heavy atom. The molecule has 0 fully saturated rings. The van der Waals surface area contributed by atoms with Crippen molar-refractivity contribution in [2.24, 2.45) is 11.8 Å². The molecule has 5 heteroatoms. The van der Waals surface area contributed by atoms with Crippen LogP contribution in [0, 0.1) is 5.92 Å². The molecule has 0 radical (unpaired) electrons. The Kier molecular flexibility index (Phi) is 16.5. The number of hydrogen-bond acceptors (Lipinski definition) is 3. The topological polar surface area (TPSA) is 52.3 Å². The van der Waals surface area contributed by atoms with Crippen LogP contribution < -0.4 is 5.90 Å². The van der Waals surface area contributed by atoms with Crippen molar-refractivity contribution in [2.45, 2.75) is 20.3 Å². The predicted octanol–water partition coefficient (Wildman–Crippen LogP) is 0.223. The van der Waals surface area contributed by atoms with Crippen molar-refractivity contribution in [3.63, 3.8) is 0 Å². The van der Waals surface area contributed by atoms with Crippen LogP contribution in [0.1, 0.15) is 20.3 Å². The van der Waals surface area contributed by atoms with Gasteiger partial charge in [-0.15, -0.1) is 12.4 Å². The van der Waals surface area contributed by atoms with Gasteiger partial charge in [-0.25, -0.2) is 0 Å². The number of hydrogen-bond donors (Lipinski definition) is 1. The van der Waals surface area contributed by atoms with Gasteiger partial charge in [0.15, 0.2) is 0 Å². The van der Waals surface area contributed by atoms with Gasteiger partial charge in [0.25, 0.3) is 0 Å². The molecule has 0 aromatic carbocycles. The molecule has 0 rings (SSSR count). The SMILES string of the molecule is CC(C)CC(=O)ON.Cl.[NaH].